The second-order valence-corrected chi connectivity index (χ2v) is 7.58. The molecule has 1 fully saturated rings. The highest BCUT2D eigenvalue weighted by Crippen LogP contribution is 2.40. The topological polar surface area (TPSA) is 39.7 Å². The first kappa shape index (κ1) is 15.2. The minimum absolute atomic E-state index is 0.581. The van der Waals surface area contributed by atoms with Crippen molar-refractivity contribution in [2.75, 3.05) is 44.1 Å². The van der Waals surface area contributed by atoms with E-state index in [1.54, 1.807) is 7.11 Å². The predicted octanol–water partition coefficient (Wildman–Crippen LogP) is 2.40. The molecule has 1 saturated heterocycles. The van der Waals surface area contributed by atoms with Crippen LogP contribution in [0.15, 0.2) is 12.1 Å². The van der Waals surface area contributed by atoms with Crippen LogP contribution in [0.2, 0.25) is 0 Å². The lowest BCUT2D eigenvalue weighted by Crippen LogP contribution is -2.28. The normalized spacial score (nSPS) is 21.1. The monoisotopic (exact) mass is 327 g/mol. The number of nitrogens with one attached hydrogen (secondary N) is 1. The predicted molar refractivity (Wildman–Crippen MR) is 89.3 cm³/mol. The Balaban J connectivity index is 1.59. The van der Waals surface area contributed by atoms with Crippen molar-refractivity contribution in [1.82, 2.24) is 5.32 Å². The SMILES string of the molecule is COc1cc(CNCC2CSCCS2)cc2c1OCCO2. The van der Waals surface area contributed by atoms with Gasteiger partial charge in [0, 0.05) is 35.6 Å². The number of methoxy groups -OCH3 is 1. The maximum Gasteiger partial charge on any atom is 0.203 e. The zero-order valence-corrected chi connectivity index (χ0v) is 13.9. The van der Waals surface area contributed by atoms with Crippen LogP contribution in [0.4, 0.5) is 0 Å². The molecule has 0 aromatic heterocycles. The molecule has 1 unspecified atom stereocenters. The summed E-state index contributed by atoms with van der Waals surface area (Å²) in [4.78, 5) is 0. The third-order valence-corrected chi connectivity index (χ3v) is 6.32. The minimum Gasteiger partial charge on any atom is -0.493 e. The van der Waals surface area contributed by atoms with Crippen molar-refractivity contribution in [1.29, 1.82) is 0 Å². The third-order valence-electron chi connectivity index (χ3n) is 3.47. The first-order valence-corrected chi connectivity index (χ1v) is 9.44. The van der Waals surface area contributed by atoms with Gasteiger partial charge in [-0.25, -0.2) is 0 Å². The van der Waals surface area contributed by atoms with Gasteiger partial charge < -0.3 is 19.5 Å². The number of hydrogen-bond acceptors (Lipinski definition) is 6. The Morgan fingerprint density at radius 3 is 3.00 bits per heavy atom. The van der Waals surface area contributed by atoms with E-state index in [4.69, 9.17) is 14.2 Å². The number of benzene rings is 1. The molecule has 0 saturated carbocycles. The molecule has 2 aliphatic heterocycles. The van der Waals surface area contributed by atoms with Crippen LogP contribution in [0, 0.1) is 0 Å². The Morgan fingerprint density at radius 2 is 2.19 bits per heavy atom. The summed E-state index contributed by atoms with van der Waals surface area (Å²) >= 11 is 4.13. The molecule has 1 aromatic rings. The molecule has 1 N–H and O–H groups in total. The molecular weight excluding hydrogens is 306 g/mol. The standard InChI is InChI=1S/C15H21NO3S2/c1-17-13-6-11(7-14-15(13)19-3-2-18-14)8-16-9-12-10-20-4-5-21-12/h6-7,12,16H,2-5,8-10H2,1H3. The van der Waals surface area contributed by atoms with E-state index in [1.165, 1.54) is 22.8 Å². The van der Waals surface area contributed by atoms with Crippen LogP contribution in [0.5, 0.6) is 17.2 Å². The Kier molecular flexibility index (Phi) is 5.43. The van der Waals surface area contributed by atoms with E-state index in [2.05, 4.69) is 28.8 Å². The molecule has 2 aliphatic rings. The quantitative estimate of drug-likeness (QED) is 0.895. The van der Waals surface area contributed by atoms with Gasteiger partial charge in [0.15, 0.2) is 11.5 Å². The van der Waals surface area contributed by atoms with E-state index in [0.29, 0.717) is 13.2 Å². The number of fused-ring (bicyclic) bond motifs is 1. The van der Waals surface area contributed by atoms with Crippen molar-refractivity contribution in [2.24, 2.45) is 0 Å². The molecule has 0 aliphatic carbocycles. The summed E-state index contributed by atoms with van der Waals surface area (Å²) in [6, 6.07) is 4.08. The van der Waals surface area contributed by atoms with Crippen LogP contribution in [0.3, 0.4) is 0 Å². The molecule has 0 bridgehead atoms. The molecule has 0 radical (unpaired) electrons. The van der Waals surface area contributed by atoms with Gasteiger partial charge in [-0.3, -0.25) is 0 Å². The van der Waals surface area contributed by atoms with Crippen LogP contribution in [-0.4, -0.2) is 49.4 Å². The van der Waals surface area contributed by atoms with Crippen molar-refractivity contribution < 1.29 is 14.2 Å². The first-order valence-electron chi connectivity index (χ1n) is 7.23. The number of thioether (sulfide) groups is 2. The fourth-order valence-corrected chi connectivity index (χ4v) is 5.11. The van der Waals surface area contributed by atoms with Gasteiger partial charge in [-0.15, -0.1) is 0 Å². The molecular formula is C15H21NO3S2. The van der Waals surface area contributed by atoms with Crippen molar-refractivity contribution >= 4 is 23.5 Å². The van der Waals surface area contributed by atoms with Crippen molar-refractivity contribution in [3.63, 3.8) is 0 Å². The maximum absolute atomic E-state index is 5.66. The molecule has 2 heterocycles. The van der Waals surface area contributed by atoms with Crippen molar-refractivity contribution in [3.05, 3.63) is 17.7 Å². The van der Waals surface area contributed by atoms with Gasteiger partial charge in [0.05, 0.1) is 7.11 Å². The van der Waals surface area contributed by atoms with Crippen molar-refractivity contribution in [3.8, 4) is 17.2 Å². The molecule has 1 aromatic carbocycles. The fraction of sp³-hybridized carbons (Fsp3) is 0.600. The fourth-order valence-electron chi connectivity index (χ4n) is 2.46. The zero-order valence-electron chi connectivity index (χ0n) is 12.2. The largest absolute Gasteiger partial charge is 0.493 e. The Morgan fingerprint density at radius 1 is 1.29 bits per heavy atom. The van der Waals surface area contributed by atoms with E-state index < -0.39 is 0 Å². The van der Waals surface area contributed by atoms with Gasteiger partial charge >= 0.3 is 0 Å². The highest BCUT2D eigenvalue weighted by atomic mass is 32.2. The summed E-state index contributed by atoms with van der Waals surface area (Å²) in [5.74, 6) is 6.09. The van der Waals surface area contributed by atoms with Crippen LogP contribution < -0.4 is 19.5 Å². The molecule has 116 valence electrons. The van der Waals surface area contributed by atoms with E-state index in [-0.39, 0.29) is 0 Å². The molecule has 0 amide bonds. The summed E-state index contributed by atoms with van der Waals surface area (Å²) in [5, 5.41) is 4.27. The summed E-state index contributed by atoms with van der Waals surface area (Å²) < 4.78 is 16.7. The summed E-state index contributed by atoms with van der Waals surface area (Å²) in [6.07, 6.45) is 0. The van der Waals surface area contributed by atoms with Crippen LogP contribution >= 0.6 is 23.5 Å². The molecule has 1 atom stereocenters. The van der Waals surface area contributed by atoms with Gasteiger partial charge in [0.1, 0.15) is 13.2 Å². The average Bonchev–Trinajstić information content (AvgIpc) is 2.55. The minimum atomic E-state index is 0.581. The summed E-state index contributed by atoms with van der Waals surface area (Å²) in [7, 11) is 1.67. The van der Waals surface area contributed by atoms with Gasteiger partial charge in [0.25, 0.3) is 0 Å². The van der Waals surface area contributed by atoms with Gasteiger partial charge in [-0.1, -0.05) is 0 Å². The van der Waals surface area contributed by atoms with E-state index >= 15 is 0 Å². The number of ether oxygens (including phenoxy) is 3. The molecule has 4 nitrogen and oxygen atoms in total. The lowest BCUT2D eigenvalue weighted by molar-refractivity contribution is 0.165. The van der Waals surface area contributed by atoms with E-state index in [1.807, 2.05) is 12.1 Å². The zero-order chi connectivity index (χ0) is 14.5. The Labute approximate surface area is 134 Å². The summed E-state index contributed by atoms with van der Waals surface area (Å²) in [5.41, 5.74) is 1.17. The third kappa shape index (κ3) is 3.93. The van der Waals surface area contributed by atoms with Gasteiger partial charge in [-0.2, -0.15) is 23.5 Å². The second-order valence-electron chi connectivity index (χ2n) is 5.02. The van der Waals surface area contributed by atoms with Gasteiger partial charge in [-0.05, 0) is 17.7 Å². The molecule has 21 heavy (non-hydrogen) atoms. The van der Waals surface area contributed by atoms with Gasteiger partial charge in [0.2, 0.25) is 5.75 Å². The first-order chi connectivity index (χ1) is 10.4. The lowest BCUT2D eigenvalue weighted by atomic mass is 10.1. The second kappa shape index (κ2) is 7.51. The van der Waals surface area contributed by atoms with Crippen LogP contribution in [0.25, 0.3) is 0 Å². The Hall–Kier alpha value is -0.720. The smallest absolute Gasteiger partial charge is 0.203 e. The number of hydrogen-bond donors (Lipinski definition) is 1. The number of rotatable bonds is 5. The lowest BCUT2D eigenvalue weighted by Gasteiger charge is -2.23. The van der Waals surface area contributed by atoms with E-state index in [9.17, 15) is 0 Å². The molecule has 3 rings (SSSR count). The summed E-state index contributed by atoms with van der Waals surface area (Å²) in [6.45, 7) is 3.06. The average molecular weight is 327 g/mol. The van der Waals surface area contributed by atoms with E-state index in [0.717, 1.165) is 35.6 Å². The highest BCUT2D eigenvalue weighted by Gasteiger charge is 2.19. The molecule has 0 spiro atoms. The van der Waals surface area contributed by atoms with Crippen molar-refractivity contribution in [2.45, 2.75) is 11.8 Å². The molecule has 6 heteroatoms. The van der Waals surface area contributed by atoms with Crippen LogP contribution in [-0.2, 0) is 6.54 Å². The Bertz CT molecular complexity index is 461. The van der Waals surface area contributed by atoms with Crippen LogP contribution in [0.1, 0.15) is 5.56 Å². The maximum atomic E-state index is 5.66. The highest BCUT2D eigenvalue weighted by molar-refractivity contribution is 8.06.